The Morgan fingerprint density at radius 3 is 3.00 bits per heavy atom. The highest BCUT2D eigenvalue weighted by Gasteiger charge is 2.18. The molecule has 1 aromatic carbocycles. The third-order valence-electron chi connectivity index (χ3n) is 2.78. The van der Waals surface area contributed by atoms with E-state index >= 15 is 0 Å². The van der Waals surface area contributed by atoms with Crippen molar-refractivity contribution in [2.75, 3.05) is 11.9 Å². The molecule has 1 aliphatic rings. The van der Waals surface area contributed by atoms with E-state index in [1.165, 1.54) is 0 Å². The highest BCUT2D eigenvalue weighted by atomic mass is 79.9. The molecule has 4 heteroatoms. The molecule has 16 heavy (non-hydrogen) atoms. The highest BCUT2D eigenvalue weighted by Crippen LogP contribution is 2.27. The van der Waals surface area contributed by atoms with E-state index in [1.54, 1.807) is 0 Å². The van der Waals surface area contributed by atoms with E-state index in [4.69, 9.17) is 16.3 Å². The van der Waals surface area contributed by atoms with E-state index in [-0.39, 0.29) is 0 Å². The van der Waals surface area contributed by atoms with Gasteiger partial charge in [0.1, 0.15) is 0 Å². The van der Waals surface area contributed by atoms with Crippen molar-refractivity contribution >= 4 is 33.2 Å². The van der Waals surface area contributed by atoms with Crippen molar-refractivity contribution in [1.82, 2.24) is 0 Å². The molecule has 0 bridgehead atoms. The van der Waals surface area contributed by atoms with Crippen molar-refractivity contribution in [3.63, 3.8) is 0 Å². The van der Waals surface area contributed by atoms with Crippen LogP contribution < -0.4 is 5.32 Å². The van der Waals surface area contributed by atoms with Gasteiger partial charge in [0.05, 0.1) is 11.1 Å². The Morgan fingerprint density at radius 1 is 1.50 bits per heavy atom. The molecule has 1 N–H and O–H groups in total. The van der Waals surface area contributed by atoms with Crippen LogP contribution in [0.4, 0.5) is 5.69 Å². The van der Waals surface area contributed by atoms with Gasteiger partial charge in [-0.1, -0.05) is 11.6 Å². The summed E-state index contributed by atoms with van der Waals surface area (Å²) in [5.41, 5.74) is 1.08. The first-order chi connectivity index (χ1) is 7.65. The van der Waals surface area contributed by atoms with E-state index in [1.807, 2.05) is 18.2 Å². The lowest BCUT2D eigenvalue weighted by molar-refractivity contribution is 0.0232. The summed E-state index contributed by atoms with van der Waals surface area (Å²) in [6.45, 7) is 2.95. The number of benzene rings is 1. The topological polar surface area (TPSA) is 21.3 Å². The van der Waals surface area contributed by atoms with Gasteiger partial charge in [-0.05, 0) is 53.9 Å². The van der Waals surface area contributed by atoms with Crippen molar-refractivity contribution in [3.05, 3.63) is 27.7 Å². The van der Waals surface area contributed by atoms with E-state index in [0.717, 1.165) is 34.6 Å². The molecule has 0 spiro atoms. The standard InChI is InChI=1S/C12H15BrClNO/c1-8-6-10(4-5-16-8)15-9-2-3-11(13)12(14)7-9/h2-3,7-8,10,15H,4-6H2,1H3. The molecule has 2 nitrogen and oxygen atoms in total. The zero-order chi connectivity index (χ0) is 11.5. The number of nitrogens with one attached hydrogen (secondary N) is 1. The van der Waals surface area contributed by atoms with Crippen LogP contribution in [0.2, 0.25) is 5.02 Å². The summed E-state index contributed by atoms with van der Waals surface area (Å²) in [4.78, 5) is 0. The molecule has 1 aliphatic heterocycles. The van der Waals surface area contributed by atoms with Crippen LogP contribution in [0.5, 0.6) is 0 Å². The molecule has 1 aromatic rings. The fraction of sp³-hybridized carbons (Fsp3) is 0.500. The average molecular weight is 305 g/mol. The average Bonchev–Trinajstić information content (AvgIpc) is 2.24. The second-order valence-corrected chi connectivity index (χ2v) is 5.44. The number of anilines is 1. The van der Waals surface area contributed by atoms with Crippen LogP contribution in [-0.2, 0) is 4.74 Å². The minimum absolute atomic E-state index is 0.345. The summed E-state index contributed by atoms with van der Waals surface area (Å²) in [5.74, 6) is 0. The van der Waals surface area contributed by atoms with Crippen LogP contribution in [0.1, 0.15) is 19.8 Å². The molecular weight excluding hydrogens is 289 g/mol. The lowest BCUT2D eigenvalue weighted by Gasteiger charge is -2.28. The Morgan fingerprint density at radius 2 is 2.31 bits per heavy atom. The van der Waals surface area contributed by atoms with Crippen molar-refractivity contribution in [3.8, 4) is 0 Å². The third kappa shape index (κ3) is 3.12. The summed E-state index contributed by atoms with van der Waals surface area (Å²) in [6.07, 6.45) is 2.45. The van der Waals surface area contributed by atoms with Crippen LogP contribution in [0, 0.1) is 0 Å². The predicted octanol–water partition coefficient (Wildman–Crippen LogP) is 4.08. The molecule has 0 amide bonds. The van der Waals surface area contributed by atoms with Gasteiger partial charge in [-0.3, -0.25) is 0 Å². The minimum Gasteiger partial charge on any atom is -0.382 e. The first kappa shape index (κ1) is 12.2. The Hall–Kier alpha value is -0.250. The predicted molar refractivity (Wildman–Crippen MR) is 71.2 cm³/mol. The summed E-state index contributed by atoms with van der Waals surface area (Å²) < 4.78 is 6.45. The summed E-state index contributed by atoms with van der Waals surface area (Å²) in [5, 5.41) is 4.23. The minimum atomic E-state index is 0.345. The van der Waals surface area contributed by atoms with Gasteiger partial charge in [0.15, 0.2) is 0 Å². The molecule has 1 heterocycles. The summed E-state index contributed by atoms with van der Waals surface area (Å²) in [7, 11) is 0. The molecule has 2 rings (SSSR count). The molecule has 0 radical (unpaired) electrons. The van der Waals surface area contributed by atoms with Crippen LogP contribution in [0.3, 0.4) is 0 Å². The van der Waals surface area contributed by atoms with Gasteiger partial charge >= 0.3 is 0 Å². The van der Waals surface area contributed by atoms with E-state index < -0.39 is 0 Å². The monoisotopic (exact) mass is 303 g/mol. The fourth-order valence-electron chi connectivity index (χ4n) is 1.95. The maximum Gasteiger partial charge on any atom is 0.0568 e. The largest absolute Gasteiger partial charge is 0.382 e. The molecule has 1 saturated heterocycles. The maximum absolute atomic E-state index is 6.05. The van der Waals surface area contributed by atoms with Gasteiger partial charge in [0.25, 0.3) is 0 Å². The molecule has 1 fully saturated rings. The van der Waals surface area contributed by atoms with Gasteiger partial charge in [-0.15, -0.1) is 0 Å². The van der Waals surface area contributed by atoms with Crippen LogP contribution in [0.15, 0.2) is 22.7 Å². The zero-order valence-corrected chi connectivity index (χ0v) is 11.5. The molecule has 0 aromatic heterocycles. The Labute approximate surface area is 109 Å². The molecule has 2 unspecified atom stereocenters. The highest BCUT2D eigenvalue weighted by molar-refractivity contribution is 9.10. The quantitative estimate of drug-likeness (QED) is 0.889. The van der Waals surface area contributed by atoms with E-state index in [9.17, 15) is 0 Å². The second-order valence-electron chi connectivity index (χ2n) is 4.18. The zero-order valence-electron chi connectivity index (χ0n) is 9.17. The van der Waals surface area contributed by atoms with Crippen molar-refractivity contribution in [2.45, 2.75) is 31.9 Å². The van der Waals surface area contributed by atoms with Gasteiger partial charge in [0.2, 0.25) is 0 Å². The van der Waals surface area contributed by atoms with Gasteiger partial charge in [-0.25, -0.2) is 0 Å². The van der Waals surface area contributed by atoms with Gasteiger partial charge < -0.3 is 10.1 Å². The van der Waals surface area contributed by atoms with Crippen molar-refractivity contribution in [2.24, 2.45) is 0 Å². The molecule has 0 saturated carbocycles. The maximum atomic E-state index is 6.05. The normalized spacial score (nSPS) is 25.4. The number of hydrogen-bond donors (Lipinski definition) is 1. The molecule has 0 aliphatic carbocycles. The summed E-state index contributed by atoms with van der Waals surface area (Å²) in [6, 6.07) is 6.44. The van der Waals surface area contributed by atoms with Crippen LogP contribution in [-0.4, -0.2) is 18.8 Å². The van der Waals surface area contributed by atoms with Gasteiger partial charge in [0, 0.05) is 22.8 Å². The second kappa shape index (κ2) is 5.39. The molecule has 88 valence electrons. The van der Waals surface area contributed by atoms with Crippen LogP contribution in [0.25, 0.3) is 0 Å². The van der Waals surface area contributed by atoms with E-state index in [2.05, 4.69) is 28.2 Å². The fourth-order valence-corrected chi connectivity index (χ4v) is 2.38. The Balaban J connectivity index is 2.00. The Bertz CT molecular complexity index is 372. The number of hydrogen-bond acceptors (Lipinski definition) is 2. The van der Waals surface area contributed by atoms with E-state index in [0.29, 0.717) is 12.1 Å². The lowest BCUT2D eigenvalue weighted by Crippen LogP contribution is -2.32. The molecule has 2 atom stereocenters. The number of rotatable bonds is 2. The third-order valence-corrected chi connectivity index (χ3v) is 4.01. The lowest BCUT2D eigenvalue weighted by atomic mass is 10.0. The SMILES string of the molecule is CC1CC(Nc2ccc(Br)c(Cl)c2)CCO1. The van der Waals surface area contributed by atoms with Gasteiger partial charge in [-0.2, -0.15) is 0 Å². The number of ether oxygens (including phenoxy) is 1. The van der Waals surface area contributed by atoms with Crippen molar-refractivity contribution in [1.29, 1.82) is 0 Å². The number of halogens is 2. The first-order valence-corrected chi connectivity index (χ1v) is 6.65. The summed E-state index contributed by atoms with van der Waals surface area (Å²) >= 11 is 9.43. The smallest absolute Gasteiger partial charge is 0.0568 e. The van der Waals surface area contributed by atoms with Crippen molar-refractivity contribution < 1.29 is 4.74 Å². The first-order valence-electron chi connectivity index (χ1n) is 5.48. The van der Waals surface area contributed by atoms with Crippen LogP contribution >= 0.6 is 27.5 Å². The molecular formula is C12H15BrClNO. The Kier molecular flexibility index (Phi) is 4.11.